The van der Waals surface area contributed by atoms with Gasteiger partial charge in [-0.3, -0.25) is 4.79 Å². The lowest BCUT2D eigenvalue weighted by Crippen LogP contribution is -2.17. The number of thiophene rings is 1. The van der Waals surface area contributed by atoms with E-state index in [2.05, 4.69) is 20.3 Å². The molecule has 0 spiro atoms. The Kier molecular flexibility index (Phi) is 3.35. The van der Waals surface area contributed by atoms with Crippen molar-refractivity contribution in [1.29, 1.82) is 0 Å². The van der Waals surface area contributed by atoms with Crippen LogP contribution >= 0.6 is 11.3 Å². The third-order valence-electron chi connectivity index (χ3n) is 3.68. The van der Waals surface area contributed by atoms with Gasteiger partial charge in [0.2, 0.25) is 5.82 Å². The Morgan fingerprint density at radius 2 is 2.08 bits per heavy atom. The Bertz CT molecular complexity index is 1090. The number of aromatic nitrogens is 3. The molecule has 7 heteroatoms. The molecular weight excluding hydrogens is 322 g/mol. The molecule has 118 valence electrons. The van der Waals surface area contributed by atoms with Crippen LogP contribution in [0, 0.1) is 6.92 Å². The standard InChI is InChI=1S/C17H13N5OS/c1-9-2-3-11-10(8-9)4-6-19-15(11)22-17(23)16-20-12-5-7-24-13(12)14(18)21-16/h2-8H,1H3,(H2,18,20,21)(H,19,22,23). The first kappa shape index (κ1) is 14.5. The molecule has 4 aromatic rings. The number of anilines is 2. The number of nitrogens with zero attached hydrogens (tertiary/aromatic N) is 3. The smallest absolute Gasteiger partial charge is 0.294 e. The van der Waals surface area contributed by atoms with Crippen LogP contribution in [0.5, 0.6) is 0 Å². The zero-order valence-electron chi connectivity index (χ0n) is 12.8. The van der Waals surface area contributed by atoms with Crippen LogP contribution in [0.2, 0.25) is 0 Å². The van der Waals surface area contributed by atoms with E-state index in [1.54, 1.807) is 6.20 Å². The van der Waals surface area contributed by atoms with E-state index in [1.807, 2.05) is 42.6 Å². The molecule has 0 aliphatic heterocycles. The Morgan fingerprint density at radius 3 is 2.96 bits per heavy atom. The van der Waals surface area contributed by atoms with E-state index in [0.717, 1.165) is 21.0 Å². The molecule has 3 heterocycles. The number of nitrogens with one attached hydrogen (secondary N) is 1. The molecule has 0 aliphatic rings. The fourth-order valence-electron chi connectivity index (χ4n) is 2.55. The molecule has 0 radical (unpaired) electrons. The first-order valence-electron chi connectivity index (χ1n) is 7.29. The summed E-state index contributed by atoms with van der Waals surface area (Å²) in [5, 5.41) is 6.52. The topological polar surface area (TPSA) is 93.8 Å². The van der Waals surface area contributed by atoms with Gasteiger partial charge in [0.25, 0.3) is 5.91 Å². The number of nitrogen functional groups attached to an aromatic ring is 1. The van der Waals surface area contributed by atoms with Crippen molar-refractivity contribution in [2.75, 3.05) is 11.1 Å². The largest absolute Gasteiger partial charge is 0.382 e. The quantitative estimate of drug-likeness (QED) is 0.585. The van der Waals surface area contributed by atoms with Gasteiger partial charge in [-0.15, -0.1) is 11.3 Å². The molecule has 3 aromatic heterocycles. The number of hydrogen-bond donors (Lipinski definition) is 2. The van der Waals surface area contributed by atoms with Gasteiger partial charge in [0, 0.05) is 11.6 Å². The fraction of sp³-hybridized carbons (Fsp3) is 0.0588. The summed E-state index contributed by atoms with van der Waals surface area (Å²) < 4.78 is 0.783. The van der Waals surface area contributed by atoms with Crippen molar-refractivity contribution >= 4 is 49.9 Å². The lowest BCUT2D eigenvalue weighted by Gasteiger charge is -2.08. The molecular formula is C17H13N5OS. The second kappa shape index (κ2) is 5.54. The second-order valence-electron chi connectivity index (χ2n) is 5.41. The summed E-state index contributed by atoms with van der Waals surface area (Å²) >= 11 is 1.45. The van der Waals surface area contributed by atoms with E-state index in [4.69, 9.17) is 5.73 Å². The SMILES string of the molecule is Cc1ccc2c(NC(=O)c3nc(N)c4sccc4n3)nccc2c1. The summed E-state index contributed by atoms with van der Waals surface area (Å²) in [4.78, 5) is 25.1. The lowest BCUT2D eigenvalue weighted by molar-refractivity contribution is 0.101. The molecule has 0 atom stereocenters. The van der Waals surface area contributed by atoms with Crippen molar-refractivity contribution in [1.82, 2.24) is 15.0 Å². The number of carbonyl (C=O) groups is 1. The molecule has 1 aromatic carbocycles. The van der Waals surface area contributed by atoms with Gasteiger partial charge in [0.1, 0.15) is 11.6 Å². The zero-order chi connectivity index (χ0) is 16.7. The van der Waals surface area contributed by atoms with E-state index in [0.29, 0.717) is 17.2 Å². The highest BCUT2D eigenvalue weighted by Gasteiger charge is 2.15. The summed E-state index contributed by atoms with van der Waals surface area (Å²) in [7, 11) is 0. The number of pyridine rings is 1. The van der Waals surface area contributed by atoms with Crippen molar-refractivity contribution in [2.45, 2.75) is 6.92 Å². The summed E-state index contributed by atoms with van der Waals surface area (Å²) in [6, 6.07) is 9.67. The van der Waals surface area contributed by atoms with Crippen LogP contribution in [0.4, 0.5) is 11.6 Å². The van der Waals surface area contributed by atoms with E-state index < -0.39 is 5.91 Å². The maximum absolute atomic E-state index is 12.5. The minimum atomic E-state index is -0.435. The normalized spacial score (nSPS) is 11.0. The van der Waals surface area contributed by atoms with E-state index in [-0.39, 0.29) is 5.82 Å². The van der Waals surface area contributed by atoms with Gasteiger partial charge in [0.05, 0.1) is 10.2 Å². The highest BCUT2D eigenvalue weighted by atomic mass is 32.1. The number of benzene rings is 1. The lowest BCUT2D eigenvalue weighted by atomic mass is 10.1. The van der Waals surface area contributed by atoms with Crippen LogP contribution in [-0.2, 0) is 0 Å². The first-order chi connectivity index (χ1) is 11.6. The van der Waals surface area contributed by atoms with Crippen LogP contribution in [0.15, 0.2) is 41.9 Å². The third-order valence-corrected chi connectivity index (χ3v) is 4.61. The number of carbonyl (C=O) groups excluding carboxylic acids is 1. The number of hydrogen-bond acceptors (Lipinski definition) is 6. The summed E-state index contributed by atoms with van der Waals surface area (Å²) in [5.74, 6) is 0.381. The Balaban J connectivity index is 1.73. The number of fused-ring (bicyclic) bond motifs is 2. The maximum atomic E-state index is 12.5. The monoisotopic (exact) mass is 335 g/mol. The molecule has 0 unspecified atom stereocenters. The average molecular weight is 335 g/mol. The number of rotatable bonds is 2. The van der Waals surface area contributed by atoms with Gasteiger partial charge in [-0.25, -0.2) is 15.0 Å². The van der Waals surface area contributed by atoms with Crippen molar-refractivity contribution in [3.63, 3.8) is 0 Å². The minimum absolute atomic E-state index is 0.0318. The Hall–Kier alpha value is -3.06. The number of amides is 1. The number of aryl methyl sites for hydroxylation is 1. The van der Waals surface area contributed by atoms with Crippen LogP contribution in [0.25, 0.3) is 21.0 Å². The molecule has 0 saturated carbocycles. The predicted octanol–water partition coefficient (Wildman–Crippen LogP) is 3.38. The molecule has 0 aliphatic carbocycles. The predicted molar refractivity (Wildman–Crippen MR) is 96.3 cm³/mol. The van der Waals surface area contributed by atoms with Gasteiger partial charge in [-0.1, -0.05) is 23.8 Å². The third kappa shape index (κ3) is 2.44. The molecule has 0 bridgehead atoms. The fourth-order valence-corrected chi connectivity index (χ4v) is 3.28. The van der Waals surface area contributed by atoms with Gasteiger partial charge in [-0.05, 0) is 29.8 Å². The van der Waals surface area contributed by atoms with Crippen LogP contribution in [-0.4, -0.2) is 20.9 Å². The van der Waals surface area contributed by atoms with Gasteiger partial charge in [-0.2, -0.15) is 0 Å². The van der Waals surface area contributed by atoms with Gasteiger partial charge < -0.3 is 11.1 Å². The van der Waals surface area contributed by atoms with Gasteiger partial charge in [0.15, 0.2) is 0 Å². The van der Waals surface area contributed by atoms with Crippen molar-refractivity contribution in [3.8, 4) is 0 Å². The maximum Gasteiger partial charge on any atom is 0.294 e. The Labute approximate surface area is 141 Å². The minimum Gasteiger partial charge on any atom is -0.382 e. The van der Waals surface area contributed by atoms with Crippen LogP contribution in [0.1, 0.15) is 16.2 Å². The van der Waals surface area contributed by atoms with Crippen LogP contribution in [0.3, 0.4) is 0 Å². The van der Waals surface area contributed by atoms with Crippen LogP contribution < -0.4 is 11.1 Å². The molecule has 1 amide bonds. The zero-order valence-corrected chi connectivity index (χ0v) is 13.6. The van der Waals surface area contributed by atoms with E-state index in [1.165, 1.54) is 11.3 Å². The average Bonchev–Trinajstić information content (AvgIpc) is 3.04. The van der Waals surface area contributed by atoms with Gasteiger partial charge >= 0.3 is 0 Å². The summed E-state index contributed by atoms with van der Waals surface area (Å²) in [6.07, 6.45) is 1.66. The number of nitrogens with two attached hydrogens (primary N) is 1. The molecule has 0 saturated heterocycles. The van der Waals surface area contributed by atoms with Crippen molar-refractivity contribution in [3.05, 3.63) is 53.3 Å². The van der Waals surface area contributed by atoms with E-state index >= 15 is 0 Å². The first-order valence-corrected chi connectivity index (χ1v) is 8.17. The van der Waals surface area contributed by atoms with Crippen molar-refractivity contribution < 1.29 is 4.79 Å². The molecule has 3 N–H and O–H groups in total. The molecule has 4 rings (SSSR count). The Morgan fingerprint density at radius 1 is 1.21 bits per heavy atom. The molecule has 6 nitrogen and oxygen atoms in total. The van der Waals surface area contributed by atoms with E-state index in [9.17, 15) is 4.79 Å². The second-order valence-corrected chi connectivity index (χ2v) is 6.32. The molecule has 24 heavy (non-hydrogen) atoms. The van der Waals surface area contributed by atoms with Crippen molar-refractivity contribution in [2.24, 2.45) is 0 Å². The molecule has 0 fully saturated rings. The highest BCUT2D eigenvalue weighted by molar-refractivity contribution is 7.17. The summed E-state index contributed by atoms with van der Waals surface area (Å²) in [6.45, 7) is 2.02. The highest BCUT2D eigenvalue weighted by Crippen LogP contribution is 2.25. The summed E-state index contributed by atoms with van der Waals surface area (Å²) in [5.41, 5.74) is 7.71.